The standard InChI is InChI=1S/C15H20BrN3/c1-12(2)19-8-6-15(11-17,7-9-19)18-14-5-3-4-13(16)10-14/h3-5,10,12,18H,6-9H2,1-2H3. The first-order valence-electron chi connectivity index (χ1n) is 6.74. The Labute approximate surface area is 123 Å². The third-order valence-corrected chi connectivity index (χ3v) is 4.30. The molecule has 0 bridgehead atoms. The maximum atomic E-state index is 9.55. The van der Waals surface area contributed by atoms with Crippen LogP contribution in [0.5, 0.6) is 0 Å². The molecule has 2 rings (SSSR count). The number of piperidine rings is 1. The average Bonchev–Trinajstić information content (AvgIpc) is 2.39. The summed E-state index contributed by atoms with van der Waals surface area (Å²) < 4.78 is 1.03. The molecular weight excluding hydrogens is 302 g/mol. The van der Waals surface area contributed by atoms with Crippen LogP contribution in [0.4, 0.5) is 5.69 Å². The topological polar surface area (TPSA) is 39.1 Å². The second-order valence-electron chi connectivity index (χ2n) is 5.46. The molecular formula is C15H20BrN3. The number of anilines is 1. The predicted molar refractivity (Wildman–Crippen MR) is 82.1 cm³/mol. The molecule has 0 unspecified atom stereocenters. The van der Waals surface area contributed by atoms with E-state index in [1.807, 2.05) is 24.3 Å². The Morgan fingerprint density at radius 2 is 2.05 bits per heavy atom. The van der Waals surface area contributed by atoms with E-state index in [1.165, 1.54) is 0 Å². The van der Waals surface area contributed by atoms with Crippen molar-refractivity contribution in [1.82, 2.24) is 4.90 Å². The van der Waals surface area contributed by atoms with Gasteiger partial charge in [-0.05, 0) is 44.9 Å². The Morgan fingerprint density at radius 3 is 2.58 bits per heavy atom. The van der Waals surface area contributed by atoms with Crippen molar-refractivity contribution >= 4 is 21.6 Å². The molecule has 1 heterocycles. The zero-order valence-corrected chi connectivity index (χ0v) is 13.1. The van der Waals surface area contributed by atoms with Crippen LogP contribution in [-0.4, -0.2) is 29.6 Å². The highest BCUT2D eigenvalue weighted by molar-refractivity contribution is 9.10. The average molecular weight is 322 g/mol. The van der Waals surface area contributed by atoms with Gasteiger partial charge in [-0.1, -0.05) is 22.0 Å². The maximum absolute atomic E-state index is 9.55. The zero-order chi connectivity index (χ0) is 13.9. The van der Waals surface area contributed by atoms with Crippen LogP contribution in [-0.2, 0) is 0 Å². The summed E-state index contributed by atoms with van der Waals surface area (Å²) in [5, 5.41) is 13.0. The second kappa shape index (κ2) is 5.94. The molecule has 1 aromatic rings. The summed E-state index contributed by atoms with van der Waals surface area (Å²) in [6, 6.07) is 11.1. The van der Waals surface area contributed by atoms with Gasteiger partial charge in [-0.3, -0.25) is 0 Å². The van der Waals surface area contributed by atoms with Gasteiger partial charge in [0, 0.05) is 29.3 Å². The fourth-order valence-electron chi connectivity index (χ4n) is 2.53. The molecule has 0 spiro atoms. The normalized spacial score (nSPS) is 19.1. The molecule has 1 aromatic carbocycles. The number of likely N-dealkylation sites (tertiary alicyclic amines) is 1. The van der Waals surface area contributed by atoms with Crippen LogP contribution in [0.25, 0.3) is 0 Å². The first-order chi connectivity index (χ1) is 9.04. The summed E-state index contributed by atoms with van der Waals surface area (Å²) in [7, 11) is 0. The van der Waals surface area contributed by atoms with Crippen molar-refractivity contribution in [3.63, 3.8) is 0 Å². The Bertz CT molecular complexity index is 471. The lowest BCUT2D eigenvalue weighted by Crippen LogP contribution is -2.50. The SMILES string of the molecule is CC(C)N1CCC(C#N)(Nc2cccc(Br)c2)CC1. The fraction of sp³-hybridized carbons (Fsp3) is 0.533. The molecule has 3 nitrogen and oxygen atoms in total. The molecule has 0 saturated carbocycles. The van der Waals surface area contributed by atoms with Gasteiger partial charge in [0.1, 0.15) is 5.54 Å². The lowest BCUT2D eigenvalue weighted by atomic mass is 9.88. The van der Waals surface area contributed by atoms with E-state index in [0.29, 0.717) is 6.04 Å². The number of nitrogens with one attached hydrogen (secondary N) is 1. The van der Waals surface area contributed by atoms with Gasteiger partial charge in [-0.15, -0.1) is 0 Å². The molecule has 19 heavy (non-hydrogen) atoms. The highest BCUT2D eigenvalue weighted by Crippen LogP contribution is 2.28. The molecule has 0 atom stereocenters. The van der Waals surface area contributed by atoms with Crippen LogP contribution in [0.15, 0.2) is 28.7 Å². The van der Waals surface area contributed by atoms with Gasteiger partial charge < -0.3 is 10.2 Å². The minimum Gasteiger partial charge on any atom is -0.367 e. The molecule has 102 valence electrons. The Kier molecular flexibility index (Phi) is 4.49. The van der Waals surface area contributed by atoms with E-state index in [-0.39, 0.29) is 0 Å². The van der Waals surface area contributed by atoms with Gasteiger partial charge in [-0.2, -0.15) is 5.26 Å². The van der Waals surface area contributed by atoms with Gasteiger partial charge in [0.25, 0.3) is 0 Å². The van der Waals surface area contributed by atoms with Crippen molar-refractivity contribution in [2.24, 2.45) is 0 Å². The highest BCUT2D eigenvalue weighted by Gasteiger charge is 2.35. The lowest BCUT2D eigenvalue weighted by molar-refractivity contribution is 0.160. The van der Waals surface area contributed by atoms with E-state index in [0.717, 1.165) is 36.1 Å². The molecule has 1 aliphatic heterocycles. The maximum Gasteiger partial charge on any atom is 0.127 e. The lowest BCUT2D eigenvalue weighted by Gasteiger charge is -2.40. The Balaban J connectivity index is 2.07. The third-order valence-electron chi connectivity index (χ3n) is 3.80. The van der Waals surface area contributed by atoms with E-state index in [9.17, 15) is 5.26 Å². The van der Waals surface area contributed by atoms with Crippen LogP contribution >= 0.6 is 15.9 Å². The number of halogens is 1. The van der Waals surface area contributed by atoms with Crippen LogP contribution in [0.3, 0.4) is 0 Å². The highest BCUT2D eigenvalue weighted by atomic mass is 79.9. The smallest absolute Gasteiger partial charge is 0.127 e. The molecule has 0 aliphatic carbocycles. The van der Waals surface area contributed by atoms with Crippen molar-refractivity contribution in [3.8, 4) is 6.07 Å². The van der Waals surface area contributed by atoms with Crippen molar-refractivity contribution in [2.75, 3.05) is 18.4 Å². The summed E-state index contributed by atoms with van der Waals surface area (Å²) >= 11 is 3.46. The third kappa shape index (κ3) is 3.49. The Hall–Kier alpha value is -1.05. The van der Waals surface area contributed by atoms with Gasteiger partial charge in [-0.25, -0.2) is 0 Å². The predicted octanol–water partition coefficient (Wildman–Crippen LogP) is 3.63. The van der Waals surface area contributed by atoms with Crippen LogP contribution in [0.2, 0.25) is 0 Å². The van der Waals surface area contributed by atoms with E-state index in [2.05, 4.69) is 46.1 Å². The first-order valence-corrected chi connectivity index (χ1v) is 7.53. The molecule has 0 aromatic heterocycles. The van der Waals surface area contributed by atoms with E-state index >= 15 is 0 Å². The Morgan fingerprint density at radius 1 is 1.37 bits per heavy atom. The number of nitrogens with zero attached hydrogens (tertiary/aromatic N) is 2. The monoisotopic (exact) mass is 321 g/mol. The van der Waals surface area contributed by atoms with Crippen LogP contribution < -0.4 is 5.32 Å². The number of rotatable bonds is 3. The minimum atomic E-state index is -0.424. The molecule has 0 amide bonds. The summed E-state index contributed by atoms with van der Waals surface area (Å²) in [4.78, 5) is 2.43. The molecule has 1 aliphatic rings. The van der Waals surface area contributed by atoms with Crippen LogP contribution in [0, 0.1) is 11.3 Å². The van der Waals surface area contributed by atoms with Crippen molar-refractivity contribution < 1.29 is 0 Å². The molecule has 4 heteroatoms. The summed E-state index contributed by atoms with van der Waals surface area (Å²) in [6.45, 7) is 6.38. The number of hydrogen-bond acceptors (Lipinski definition) is 3. The van der Waals surface area contributed by atoms with Gasteiger partial charge in [0.2, 0.25) is 0 Å². The number of benzene rings is 1. The second-order valence-corrected chi connectivity index (χ2v) is 6.37. The van der Waals surface area contributed by atoms with Crippen molar-refractivity contribution in [2.45, 2.75) is 38.3 Å². The van der Waals surface area contributed by atoms with Crippen molar-refractivity contribution in [1.29, 1.82) is 5.26 Å². The summed E-state index contributed by atoms with van der Waals surface area (Å²) in [5.74, 6) is 0. The molecule has 1 fully saturated rings. The largest absolute Gasteiger partial charge is 0.367 e. The zero-order valence-electron chi connectivity index (χ0n) is 11.5. The first kappa shape index (κ1) is 14.4. The van der Waals surface area contributed by atoms with Crippen LogP contribution in [0.1, 0.15) is 26.7 Å². The van der Waals surface area contributed by atoms with E-state index < -0.39 is 5.54 Å². The molecule has 0 radical (unpaired) electrons. The summed E-state index contributed by atoms with van der Waals surface area (Å²) in [5.41, 5.74) is 0.584. The van der Waals surface area contributed by atoms with E-state index in [4.69, 9.17) is 0 Å². The van der Waals surface area contributed by atoms with Crippen molar-refractivity contribution in [3.05, 3.63) is 28.7 Å². The van der Waals surface area contributed by atoms with Gasteiger partial charge in [0.15, 0.2) is 0 Å². The molecule has 1 saturated heterocycles. The van der Waals surface area contributed by atoms with Gasteiger partial charge in [0.05, 0.1) is 6.07 Å². The summed E-state index contributed by atoms with van der Waals surface area (Å²) in [6.07, 6.45) is 1.74. The fourth-order valence-corrected chi connectivity index (χ4v) is 2.93. The number of hydrogen-bond donors (Lipinski definition) is 1. The quantitative estimate of drug-likeness (QED) is 0.924. The van der Waals surface area contributed by atoms with E-state index in [1.54, 1.807) is 0 Å². The molecule has 1 N–H and O–H groups in total. The van der Waals surface area contributed by atoms with Gasteiger partial charge >= 0.3 is 0 Å². The minimum absolute atomic E-state index is 0.424. The number of nitriles is 1.